The van der Waals surface area contributed by atoms with Crippen LogP contribution in [0.25, 0.3) is 16.5 Å². The third kappa shape index (κ3) is 3.70. The Morgan fingerprint density at radius 1 is 0.967 bits per heavy atom. The molecule has 1 N–H and O–H groups in total. The molecule has 1 amide bonds. The number of hydrogen-bond donors (Lipinski definition) is 1. The van der Waals surface area contributed by atoms with Gasteiger partial charge in [-0.15, -0.1) is 0 Å². The first-order chi connectivity index (χ1) is 14.6. The number of fused-ring (bicyclic) bond motifs is 1. The average molecular weight is 398 g/mol. The summed E-state index contributed by atoms with van der Waals surface area (Å²) in [5, 5.41) is 4.08. The molecule has 0 atom stereocenters. The fraction of sp³-hybridized carbons (Fsp3) is 0.120. The van der Waals surface area contributed by atoms with Crippen molar-refractivity contribution in [1.82, 2.24) is 4.57 Å². The van der Waals surface area contributed by atoms with E-state index >= 15 is 0 Å². The maximum atomic E-state index is 13.2. The van der Waals surface area contributed by atoms with E-state index in [9.17, 15) is 9.59 Å². The van der Waals surface area contributed by atoms with Crippen molar-refractivity contribution in [2.45, 2.75) is 13.3 Å². The van der Waals surface area contributed by atoms with Crippen molar-refractivity contribution in [3.8, 4) is 11.4 Å². The van der Waals surface area contributed by atoms with Crippen LogP contribution in [0.2, 0.25) is 0 Å². The number of anilines is 1. The molecule has 0 spiro atoms. The summed E-state index contributed by atoms with van der Waals surface area (Å²) in [5.74, 6) is 0.433. The van der Waals surface area contributed by atoms with E-state index in [0.717, 1.165) is 17.7 Å². The van der Waals surface area contributed by atoms with E-state index in [1.165, 1.54) is 4.57 Å². The first-order valence-electron chi connectivity index (χ1n) is 9.80. The zero-order valence-electron chi connectivity index (χ0n) is 16.9. The van der Waals surface area contributed by atoms with Crippen LogP contribution in [0.5, 0.6) is 5.75 Å². The van der Waals surface area contributed by atoms with Gasteiger partial charge >= 0.3 is 0 Å². The summed E-state index contributed by atoms with van der Waals surface area (Å²) >= 11 is 0. The number of ether oxygens (including phenoxy) is 1. The van der Waals surface area contributed by atoms with Gasteiger partial charge in [-0.2, -0.15) is 0 Å². The molecule has 5 nitrogen and oxygen atoms in total. The lowest BCUT2D eigenvalue weighted by molar-refractivity contribution is 0.102. The van der Waals surface area contributed by atoms with Crippen LogP contribution in [0.3, 0.4) is 0 Å². The van der Waals surface area contributed by atoms with Gasteiger partial charge in [0.2, 0.25) is 0 Å². The van der Waals surface area contributed by atoms with Crippen molar-refractivity contribution in [3.63, 3.8) is 0 Å². The van der Waals surface area contributed by atoms with Gasteiger partial charge < -0.3 is 10.1 Å². The van der Waals surface area contributed by atoms with Crippen molar-refractivity contribution in [2.75, 3.05) is 12.4 Å². The summed E-state index contributed by atoms with van der Waals surface area (Å²) in [7, 11) is 1.59. The highest BCUT2D eigenvalue weighted by molar-refractivity contribution is 6.12. The molecule has 0 aliphatic rings. The van der Waals surface area contributed by atoms with Gasteiger partial charge in [0.1, 0.15) is 5.75 Å². The lowest BCUT2D eigenvalue weighted by atomic mass is 10.1. The molecule has 1 aromatic heterocycles. The fourth-order valence-electron chi connectivity index (χ4n) is 3.47. The van der Waals surface area contributed by atoms with Gasteiger partial charge in [-0.05, 0) is 54.4 Å². The lowest BCUT2D eigenvalue weighted by Gasteiger charge is -2.13. The van der Waals surface area contributed by atoms with Crippen molar-refractivity contribution >= 4 is 22.4 Å². The summed E-state index contributed by atoms with van der Waals surface area (Å²) in [6.07, 6.45) is 2.49. The molecule has 0 saturated heterocycles. The molecule has 0 aliphatic carbocycles. The molecule has 30 heavy (non-hydrogen) atoms. The van der Waals surface area contributed by atoms with Crippen LogP contribution in [0, 0.1) is 0 Å². The predicted octanol–water partition coefficient (Wildman–Crippen LogP) is 4.81. The highest BCUT2D eigenvalue weighted by atomic mass is 16.5. The Hall–Kier alpha value is -3.86. The molecule has 3 aromatic carbocycles. The number of nitrogens with one attached hydrogen (secondary N) is 1. The lowest BCUT2D eigenvalue weighted by Crippen LogP contribution is -2.22. The Kier molecular flexibility index (Phi) is 5.35. The van der Waals surface area contributed by atoms with Crippen LogP contribution in [-0.2, 0) is 6.42 Å². The first kappa shape index (κ1) is 19.5. The van der Waals surface area contributed by atoms with Gasteiger partial charge in [0.25, 0.3) is 11.5 Å². The zero-order chi connectivity index (χ0) is 21.1. The predicted molar refractivity (Wildman–Crippen MR) is 120 cm³/mol. The Morgan fingerprint density at radius 3 is 2.40 bits per heavy atom. The number of aryl methyl sites for hydroxylation is 1. The second kappa shape index (κ2) is 8.25. The van der Waals surface area contributed by atoms with Gasteiger partial charge in [0.05, 0.1) is 12.7 Å². The minimum absolute atomic E-state index is 0.180. The molecule has 4 rings (SSSR count). The van der Waals surface area contributed by atoms with Crippen LogP contribution in [0.1, 0.15) is 22.8 Å². The van der Waals surface area contributed by atoms with E-state index in [-0.39, 0.29) is 11.5 Å². The van der Waals surface area contributed by atoms with E-state index in [4.69, 9.17) is 4.74 Å². The van der Waals surface area contributed by atoms with Gasteiger partial charge in [0.15, 0.2) is 0 Å². The Morgan fingerprint density at radius 2 is 1.70 bits per heavy atom. The summed E-state index contributed by atoms with van der Waals surface area (Å²) < 4.78 is 6.70. The maximum absolute atomic E-state index is 13.2. The van der Waals surface area contributed by atoms with Crippen LogP contribution in [0.15, 0.2) is 83.8 Å². The minimum atomic E-state index is -0.262. The summed E-state index contributed by atoms with van der Waals surface area (Å²) in [4.78, 5) is 26.3. The second-order valence-electron chi connectivity index (χ2n) is 6.97. The molecule has 0 bridgehead atoms. The van der Waals surface area contributed by atoms with Gasteiger partial charge in [-0.25, -0.2) is 0 Å². The van der Waals surface area contributed by atoms with Gasteiger partial charge in [0, 0.05) is 28.3 Å². The Balaban J connectivity index is 1.82. The third-order valence-corrected chi connectivity index (χ3v) is 5.11. The summed E-state index contributed by atoms with van der Waals surface area (Å²) in [6.45, 7) is 2.07. The molecule has 5 heteroatoms. The van der Waals surface area contributed by atoms with E-state index in [1.54, 1.807) is 55.8 Å². The second-order valence-corrected chi connectivity index (χ2v) is 6.97. The third-order valence-electron chi connectivity index (χ3n) is 5.11. The molecular weight excluding hydrogens is 376 g/mol. The zero-order valence-corrected chi connectivity index (χ0v) is 16.9. The van der Waals surface area contributed by atoms with Crippen LogP contribution in [-0.4, -0.2) is 17.6 Å². The van der Waals surface area contributed by atoms with Gasteiger partial charge in [-0.1, -0.05) is 37.3 Å². The first-order valence-corrected chi connectivity index (χ1v) is 9.80. The molecule has 4 aromatic rings. The van der Waals surface area contributed by atoms with Crippen molar-refractivity contribution in [1.29, 1.82) is 0 Å². The molecule has 0 unspecified atom stereocenters. The summed E-state index contributed by atoms with van der Waals surface area (Å²) in [6, 6.07) is 22.1. The monoisotopic (exact) mass is 398 g/mol. The topological polar surface area (TPSA) is 60.3 Å². The number of aromatic nitrogens is 1. The number of carbonyl (C=O) groups is 1. The minimum Gasteiger partial charge on any atom is -0.497 e. The number of amides is 1. The van der Waals surface area contributed by atoms with Crippen molar-refractivity contribution in [3.05, 3.63) is 100 Å². The molecule has 1 heterocycles. The molecule has 0 aliphatic heterocycles. The number of hydrogen-bond acceptors (Lipinski definition) is 3. The highest BCUT2D eigenvalue weighted by Gasteiger charge is 2.16. The largest absolute Gasteiger partial charge is 0.497 e. The maximum Gasteiger partial charge on any atom is 0.262 e. The number of methoxy groups -OCH3 is 1. The number of nitrogens with zero attached hydrogens (tertiary/aromatic N) is 1. The van der Waals surface area contributed by atoms with Crippen LogP contribution < -0.4 is 15.6 Å². The number of pyridine rings is 1. The number of benzene rings is 3. The van der Waals surface area contributed by atoms with E-state index < -0.39 is 0 Å². The fourth-order valence-corrected chi connectivity index (χ4v) is 3.47. The molecule has 150 valence electrons. The van der Waals surface area contributed by atoms with Crippen LogP contribution >= 0.6 is 0 Å². The van der Waals surface area contributed by atoms with E-state index in [1.807, 2.05) is 30.3 Å². The standard InChI is InChI=1S/C25H22N2O3/c1-3-17-7-6-8-18(15-17)26-24(28)23-16-27(19-11-13-20(30-2)14-12-19)25(29)22-10-5-4-9-21(22)23/h4-16H,3H2,1-2H3,(H,26,28). The number of carbonyl (C=O) groups excluding carboxylic acids is 1. The van der Waals surface area contributed by atoms with Crippen molar-refractivity contribution in [2.24, 2.45) is 0 Å². The summed E-state index contributed by atoms with van der Waals surface area (Å²) in [5.41, 5.74) is 2.78. The SMILES string of the molecule is CCc1cccc(NC(=O)c2cn(-c3ccc(OC)cc3)c(=O)c3ccccc23)c1. The van der Waals surface area contributed by atoms with E-state index in [2.05, 4.69) is 12.2 Å². The Labute approximate surface area is 174 Å². The Bertz CT molecular complexity index is 1270. The molecular formula is C25H22N2O3. The van der Waals surface area contributed by atoms with Crippen LogP contribution in [0.4, 0.5) is 5.69 Å². The van der Waals surface area contributed by atoms with E-state index in [0.29, 0.717) is 27.8 Å². The smallest absolute Gasteiger partial charge is 0.262 e. The normalized spacial score (nSPS) is 10.7. The van der Waals surface area contributed by atoms with Crippen molar-refractivity contribution < 1.29 is 9.53 Å². The average Bonchev–Trinajstić information content (AvgIpc) is 2.79. The van der Waals surface area contributed by atoms with Gasteiger partial charge in [-0.3, -0.25) is 14.2 Å². The molecule has 0 fully saturated rings. The highest BCUT2D eigenvalue weighted by Crippen LogP contribution is 2.21. The quantitative estimate of drug-likeness (QED) is 0.525. The molecule has 0 saturated carbocycles. The number of rotatable bonds is 5. The molecule has 0 radical (unpaired) electrons.